The first-order valence-electron chi connectivity index (χ1n) is 5.89. The standard InChI is InChI=1S/C12H12BrNO3S2/c13-11-5-6-12(18-11)19(15,16)14-7-1-3-9(14)10-4-2-8-17-10/h2,4-6,8-9H,1,3,7H2/t9-/m1/s1. The van der Waals surface area contributed by atoms with Crippen LogP contribution in [-0.4, -0.2) is 19.3 Å². The van der Waals surface area contributed by atoms with Crippen molar-refractivity contribution in [1.82, 2.24) is 4.31 Å². The first-order valence-corrected chi connectivity index (χ1v) is 8.94. The summed E-state index contributed by atoms with van der Waals surface area (Å²) in [6.45, 7) is 0.545. The van der Waals surface area contributed by atoms with E-state index >= 15 is 0 Å². The molecule has 1 saturated heterocycles. The largest absolute Gasteiger partial charge is 0.468 e. The third-order valence-electron chi connectivity index (χ3n) is 3.19. The normalized spacial score (nSPS) is 21.0. The number of halogens is 1. The van der Waals surface area contributed by atoms with Gasteiger partial charge in [0.1, 0.15) is 9.97 Å². The van der Waals surface area contributed by atoms with Gasteiger partial charge in [-0.2, -0.15) is 4.31 Å². The van der Waals surface area contributed by atoms with Gasteiger partial charge in [0.25, 0.3) is 10.0 Å². The Balaban J connectivity index is 1.96. The monoisotopic (exact) mass is 361 g/mol. The number of hydrogen-bond acceptors (Lipinski definition) is 4. The highest BCUT2D eigenvalue weighted by Crippen LogP contribution is 2.38. The second-order valence-corrected chi connectivity index (χ2v) is 8.93. The predicted molar refractivity (Wildman–Crippen MR) is 76.6 cm³/mol. The molecule has 3 rings (SSSR count). The van der Waals surface area contributed by atoms with E-state index in [9.17, 15) is 8.42 Å². The molecule has 1 aliphatic heterocycles. The molecule has 0 N–H and O–H groups in total. The lowest BCUT2D eigenvalue weighted by molar-refractivity contribution is 0.340. The number of rotatable bonds is 3. The summed E-state index contributed by atoms with van der Waals surface area (Å²) >= 11 is 4.54. The van der Waals surface area contributed by atoms with Gasteiger partial charge in [0.15, 0.2) is 0 Å². The van der Waals surface area contributed by atoms with Crippen molar-refractivity contribution in [3.8, 4) is 0 Å². The molecule has 7 heteroatoms. The SMILES string of the molecule is O=S(=O)(c1ccc(Br)s1)N1CCC[C@@H]1c1ccco1. The molecule has 1 aliphatic rings. The Morgan fingerprint density at radius 1 is 1.37 bits per heavy atom. The van der Waals surface area contributed by atoms with Crippen LogP contribution >= 0.6 is 27.3 Å². The van der Waals surface area contributed by atoms with Crippen molar-refractivity contribution in [1.29, 1.82) is 0 Å². The number of thiophene rings is 1. The molecule has 102 valence electrons. The molecule has 1 atom stereocenters. The van der Waals surface area contributed by atoms with Gasteiger partial charge in [-0.25, -0.2) is 8.42 Å². The minimum atomic E-state index is -3.43. The minimum Gasteiger partial charge on any atom is -0.468 e. The molecular formula is C12H12BrNO3S2. The summed E-state index contributed by atoms with van der Waals surface area (Å²) in [6, 6.07) is 6.85. The summed E-state index contributed by atoms with van der Waals surface area (Å²) in [5.74, 6) is 0.719. The van der Waals surface area contributed by atoms with E-state index in [2.05, 4.69) is 15.9 Å². The van der Waals surface area contributed by atoms with Crippen LogP contribution in [0, 0.1) is 0 Å². The molecule has 0 aliphatic carbocycles. The molecule has 0 saturated carbocycles. The Morgan fingerprint density at radius 3 is 2.84 bits per heavy atom. The quantitative estimate of drug-likeness (QED) is 0.838. The fourth-order valence-electron chi connectivity index (χ4n) is 2.34. The smallest absolute Gasteiger partial charge is 0.253 e. The summed E-state index contributed by atoms with van der Waals surface area (Å²) in [5, 5.41) is 0. The molecule has 0 unspecified atom stereocenters. The van der Waals surface area contributed by atoms with Crippen LogP contribution in [0.2, 0.25) is 0 Å². The van der Waals surface area contributed by atoms with Gasteiger partial charge < -0.3 is 4.42 Å². The second-order valence-electron chi connectivity index (χ2n) is 4.35. The van der Waals surface area contributed by atoms with Crippen LogP contribution in [0.25, 0.3) is 0 Å². The van der Waals surface area contributed by atoms with E-state index in [0.29, 0.717) is 10.8 Å². The molecule has 3 heterocycles. The zero-order chi connectivity index (χ0) is 13.5. The minimum absolute atomic E-state index is 0.180. The van der Waals surface area contributed by atoms with Crippen molar-refractivity contribution in [2.75, 3.05) is 6.54 Å². The van der Waals surface area contributed by atoms with Crippen molar-refractivity contribution in [3.63, 3.8) is 0 Å². The highest BCUT2D eigenvalue weighted by atomic mass is 79.9. The molecular weight excluding hydrogens is 350 g/mol. The van der Waals surface area contributed by atoms with Crippen molar-refractivity contribution < 1.29 is 12.8 Å². The maximum Gasteiger partial charge on any atom is 0.253 e. The Kier molecular flexibility index (Phi) is 3.55. The van der Waals surface area contributed by atoms with Crippen LogP contribution in [-0.2, 0) is 10.0 Å². The van der Waals surface area contributed by atoms with Crippen molar-refractivity contribution in [3.05, 3.63) is 40.1 Å². The number of hydrogen-bond donors (Lipinski definition) is 0. The van der Waals surface area contributed by atoms with E-state index in [-0.39, 0.29) is 6.04 Å². The van der Waals surface area contributed by atoms with Gasteiger partial charge in [-0.3, -0.25) is 0 Å². The van der Waals surface area contributed by atoms with Gasteiger partial charge in [0.2, 0.25) is 0 Å². The van der Waals surface area contributed by atoms with Gasteiger partial charge >= 0.3 is 0 Å². The fourth-order valence-corrected chi connectivity index (χ4v) is 6.15. The van der Waals surface area contributed by atoms with Crippen LogP contribution in [0.3, 0.4) is 0 Å². The van der Waals surface area contributed by atoms with E-state index in [1.165, 1.54) is 11.3 Å². The van der Waals surface area contributed by atoms with E-state index in [1.54, 1.807) is 28.8 Å². The molecule has 2 aromatic heterocycles. The van der Waals surface area contributed by atoms with Gasteiger partial charge in [-0.05, 0) is 53.0 Å². The van der Waals surface area contributed by atoms with Crippen LogP contribution in [0.5, 0.6) is 0 Å². The molecule has 0 spiro atoms. The summed E-state index contributed by atoms with van der Waals surface area (Å²) < 4.78 is 33.4. The lowest BCUT2D eigenvalue weighted by Crippen LogP contribution is -2.29. The highest BCUT2D eigenvalue weighted by Gasteiger charge is 2.38. The number of nitrogens with zero attached hydrogens (tertiary/aromatic N) is 1. The summed E-state index contributed by atoms with van der Waals surface area (Å²) in [5.41, 5.74) is 0. The van der Waals surface area contributed by atoms with Crippen LogP contribution in [0.15, 0.2) is 42.9 Å². The number of furan rings is 1. The van der Waals surface area contributed by atoms with Crippen molar-refractivity contribution >= 4 is 37.3 Å². The highest BCUT2D eigenvalue weighted by molar-refractivity contribution is 9.11. The van der Waals surface area contributed by atoms with Gasteiger partial charge in [0.05, 0.1) is 16.1 Å². The zero-order valence-electron chi connectivity index (χ0n) is 9.95. The van der Waals surface area contributed by atoms with Gasteiger partial charge in [0, 0.05) is 6.54 Å². The lowest BCUT2D eigenvalue weighted by Gasteiger charge is -2.21. The maximum absolute atomic E-state index is 12.6. The molecule has 19 heavy (non-hydrogen) atoms. The first kappa shape index (κ1) is 13.4. The first-order chi connectivity index (χ1) is 9.09. The van der Waals surface area contributed by atoms with Crippen molar-refractivity contribution in [2.45, 2.75) is 23.1 Å². The molecule has 4 nitrogen and oxygen atoms in total. The molecule has 0 amide bonds. The van der Waals surface area contributed by atoms with Crippen LogP contribution < -0.4 is 0 Å². The third kappa shape index (κ3) is 2.40. The summed E-state index contributed by atoms with van der Waals surface area (Å²) in [4.78, 5) is 0. The number of sulfonamides is 1. The Hall–Kier alpha value is -0.630. The van der Waals surface area contributed by atoms with Crippen molar-refractivity contribution in [2.24, 2.45) is 0 Å². The molecule has 0 bridgehead atoms. The van der Waals surface area contributed by atoms with Crippen LogP contribution in [0.4, 0.5) is 0 Å². The van der Waals surface area contributed by atoms with Crippen LogP contribution in [0.1, 0.15) is 24.6 Å². The topological polar surface area (TPSA) is 50.5 Å². The van der Waals surface area contributed by atoms with Gasteiger partial charge in [-0.1, -0.05) is 0 Å². The summed E-state index contributed by atoms with van der Waals surface area (Å²) in [7, 11) is -3.43. The molecule has 1 fully saturated rings. The molecule has 2 aromatic rings. The molecule has 0 aromatic carbocycles. The zero-order valence-corrected chi connectivity index (χ0v) is 13.2. The Labute approximate surface area is 124 Å². The second kappa shape index (κ2) is 5.05. The maximum atomic E-state index is 12.6. The Bertz CT molecular complexity index is 663. The Morgan fingerprint density at radius 2 is 2.21 bits per heavy atom. The molecule has 0 radical (unpaired) electrons. The average molecular weight is 362 g/mol. The third-order valence-corrected chi connectivity index (χ3v) is 7.19. The predicted octanol–water partition coefficient (Wildman–Crippen LogP) is 3.63. The van der Waals surface area contributed by atoms with E-state index < -0.39 is 10.0 Å². The average Bonchev–Trinajstić information content (AvgIpc) is 3.09. The summed E-state index contributed by atoms with van der Waals surface area (Å²) in [6.07, 6.45) is 3.25. The fraction of sp³-hybridized carbons (Fsp3) is 0.333. The van der Waals surface area contributed by atoms with E-state index in [0.717, 1.165) is 22.4 Å². The van der Waals surface area contributed by atoms with E-state index in [1.807, 2.05) is 6.07 Å². The lowest BCUT2D eigenvalue weighted by atomic mass is 10.2. The van der Waals surface area contributed by atoms with E-state index in [4.69, 9.17) is 4.42 Å². The van der Waals surface area contributed by atoms with Gasteiger partial charge in [-0.15, -0.1) is 11.3 Å².